The molecule has 1 aromatic rings. The van der Waals surface area contributed by atoms with Crippen LogP contribution in [0.5, 0.6) is 0 Å². The Bertz CT molecular complexity index is 703. The zero-order valence-electron chi connectivity index (χ0n) is 14.3. The first kappa shape index (κ1) is 18.7. The molecule has 24 heavy (non-hydrogen) atoms. The van der Waals surface area contributed by atoms with Crippen LogP contribution < -0.4 is 10.0 Å². The summed E-state index contributed by atoms with van der Waals surface area (Å²) in [6.07, 6.45) is 4.34. The number of hydrogen-bond donors (Lipinski definition) is 2. The van der Waals surface area contributed by atoms with Gasteiger partial charge in [0.1, 0.15) is 5.69 Å². The van der Waals surface area contributed by atoms with Crippen LogP contribution >= 0.6 is 0 Å². The molecule has 2 rings (SSSR count). The SMILES string of the molecule is CC(C)NS(=O)(=O)c1ccc(N[C@H]2CCCC[C@@H]2C)c([N+](=O)[O-])c1. The Morgan fingerprint density at radius 2 is 1.92 bits per heavy atom. The highest BCUT2D eigenvalue weighted by molar-refractivity contribution is 7.89. The molecule has 1 aromatic carbocycles. The maximum Gasteiger partial charge on any atom is 0.293 e. The normalized spacial score (nSPS) is 21.7. The minimum absolute atomic E-state index is 0.0925. The van der Waals surface area contributed by atoms with Gasteiger partial charge in [0.05, 0.1) is 9.82 Å². The van der Waals surface area contributed by atoms with Crippen LogP contribution in [0.3, 0.4) is 0 Å². The maximum absolute atomic E-state index is 12.2. The van der Waals surface area contributed by atoms with Crippen LogP contribution in [0.1, 0.15) is 46.5 Å². The van der Waals surface area contributed by atoms with E-state index in [1.807, 2.05) is 0 Å². The number of anilines is 1. The van der Waals surface area contributed by atoms with Gasteiger partial charge in [-0.05, 0) is 44.7 Å². The third-order valence-corrected chi connectivity index (χ3v) is 5.98. The summed E-state index contributed by atoms with van der Waals surface area (Å²) in [6.45, 7) is 5.53. The third kappa shape index (κ3) is 4.45. The molecule has 2 atom stereocenters. The molecule has 0 heterocycles. The van der Waals surface area contributed by atoms with Crippen molar-refractivity contribution in [2.24, 2.45) is 5.92 Å². The van der Waals surface area contributed by atoms with E-state index in [2.05, 4.69) is 17.0 Å². The Balaban J connectivity index is 2.32. The van der Waals surface area contributed by atoms with Crippen LogP contribution in [-0.4, -0.2) is 25.4 Å². The summed E-state index contributed by atoms with van der Waals surface area (Å²) < 4.78 is 26.9. The molecule has 0 aromatic heterocycles. The van der Waals surface area contributed by atoms with Crippen LogP contribution in [0.25, 0.3) is 0 Å². The van der Waals surface area contributed by atoms with Crippen molar-refractivity contribution >= 4 is 21.4 Å². The molecule has 0 bridgehead atoms. The second kappa shape index (κ2) is 7.48. The molecule has 0 saturated heterocycles. The molecule has 134 valence electrons. The highest BCUT2D eigenvalue weighted by atomic mass is 32.2. The van der Waals surface area contributed by atoms with E-state index >= 15 is 0 Å². The monoisotopic (exact) mass is 355 g/mol. The lowest BCUT2D eigenvalue weighted by Gasteiger charge is -2.30. The van der Waals surface area contributed by atoms with Gasteiger partial charge in [-0.25, -0.2) is 13.1 Å². The van der Waals surface area contributed by atoms with E-state index in [4.69, 9.17) is 0 Å². The lowest BCUT2D eigenvalue weighted by atomic mass is 9.86. The van der Waals surface area contributed by atoms with E-state index in [0.717, 1.165) is 25.3 Å². The summed E-state index contributed by atoms with van der Waals surface area (Å²) in [7, 11) is -3.76. The number of nitro benzene ring substituents is 1. The first-order valence-corrected chi connectivity index (χ1v) is 9.76. The number of sulfonamides is 1. The fourth-order valence-electron chi connectivity index (χ4n) is 3.06. The van der Waals surface area contributed by atoms with E-state index in [0.29, 0.717) is 11.6 Å². The lowest BCUT2D eigenvalue weighted by Crippen LogP contribution is -2.31. The number of nitro groups is 1. The average Bonchev–Trinajstić information content (AvgIpc) is 2.48. The minimum atomic E-state index is -3.76. The number of hydrogen-bond acceptors (Lipinski definition) is 5. The molecule has 7 nitrogen and oxygen atoms in total. The summed E-state index contributed by atoms with van der Waals surface area (Å²) >= 11 is 0. The Hall–Kier alpha value is -1.67. The van der Waals surface area contributed by atoms with E-state index in [9.17, 15) is 18.5 Å². The van der Waals surface area contributed by atoms with Crippen molar-refractivity contribution in [1.82, 2.24) is 4.72 Å². The molecule has 1 fully saturated rings. The standard InChI is InChI=1S/C16H25N3O4S/c1-11(2)18-24(22,23)13-8-9-15(16(10-13)19(20)21)17-14-7-5-4-6-12(14)3/h8-12,14,17-18H,4-7H2,1-3H3/t12-,14-/m0/s1. The van der Waals surface area contributed by atoms with Crippen molar-refractivity contribution < 1.29 is 13.3 Å². The van der Waals surface area contributed by atoms with Gasteiger partial charge in [-0.2, -0.15) is 0 Å². The Kier molecular flexibility index (Phi) is 5.82. The summed E-state index contributed by atoms with van der Waals surface area (Å²) in [5, 5.41) is 14.6. The highest BCUT2D eigenvalue weighted by Crippen LogP contribution is 2.32. The van der Waals surface area contributed by atoms with Crippen molar-refractivity contribution in [3.05, 3.63) is 28.3 Å². The Morgan fingerprint density at radius 1 is 1.25 bits per heavy atom. The van der Waals surface area contributed by atoms with Crippen molar-refractivity contribution in [2.75, 3.05) is 5.32 Å². The molecular weight excluding hydrogens is 330 g/mol. The van der Waals surface area contributed by atoms with Crippen LogP contribution in [0.15, 0.2) is 23.1 Å². The summed E-state index contributed by atoms with van der Waals surface area (Å²) in [5.74, 6) is 0.435. The van der Waals surface area contributed by atoms with Crippen molar-refractivity contribution in [3.8, 4) is 0 Å². The van der Waals surface area contributed by atoms with Crippen molar-refractivity contribution in [2.45, 2.75) is 63.4 Å². The Labute approximate surface area is 143 Å². The van der Waals surface area contributed by atoms with Gasteiger partial charge < -0.3 is 5.32 Å². The number of nitrogens with one attached hydrogen (secondary N) is 2. The number of rotatable bonds is 6. The van der Waals surface area contributed by atoms with E-state index < -0.39 is 14.9 Å². The lowest BCUT2D eigenvalue weighted by molar-refractivity contribution is -0.384. The van der Waals surface area contributed by atoms with Gasteiger partial charge in [-0.1, -0.05) is 19.8 Å². The van der Waals surface area contributed by atoms with E-state index in [1.165, 1.54) is 18.6 Å². The van der Waals surface area contributed by atoms with Gasteiger partial charge in [0, 0.05) is 18.2 Å². The minimum Gasteiger partial charge on any atom is -0.376 e. The fourth-order valence-corrected chi connectivity index (χ4v) is 4.33. The summed E-state index contributed by atoms with van der Waals surface area (Å²) in [6, 6.07) is 3.92. The van der Waals surface area contributed by atoms with Gasteiger partial charge in [0.25, 0.3) is 5.69 Å². The quantitative estimate of drug-likeness (QED) is 0.602. The smallest absolute Gasteiger partial charge is 0.293 e. The first-order chi connectivity index (χ1) is 11.2. The maximum atomic E-state index is 12.2. The molecule has 8 heteroatoms. The van der Waals surface area contributed by atoms with Gasteiger partial charge in [-0.15, -0.1) is 0 Å². The van der Waals surface area contributed by atoms with Crippen LogP contribution in [0, 0.1) is 16.0 Å². The number of benzene rings is 1. The predicted molar refractivity (Wildman–Crippen MR) is 93.6 cm³/mol. The summed E-state index contributed by atoms with van der Waals surface area (Å²) in [4.78, 5) is 10.8. The molecule has 2 N–H and O–H groups in total. The molecule has 1 aliphatic rings. The molecule has 1 aliphatic carbocycles. The molecule has 0 radical (unpaired) electrons. The average molecular weight is 355 g/mol. The molecule has 0 aliphatic heterocycles. The summed E-state index contributed by atoms with van der Waals surface area (Å²) in [5.41, 5.74) is 0.168. The first-order valence-electron chi connectivity index (χ1n) is 8.28. The molecular formula is C16H25N3O4S. The largest absolute Gasteiger partial charge is 0.376 e. The van der Waals surface area contributed by atoms with E-state index in [-0.39, 0.29) is 22.7 Å². The van der Waals surface area contributed by atoms with Crippen LogP contribution in [-0.2, 0) is 10.0 Å². The zero-order chi connectivity index (χ0) is 17.9. The topological polar surface area (TPSA) is 101 Å². The van der Waals surface area contributed by atoms with Crippen LogP contribution in [0.2, 0.25) is 0 Å². The Morgan fingerprint density at radius 3 is 2.50 bits per heavy atom. The predicted octanol–water partition coefficient (Wildman–Crippen LogP) is 3.27. The fraction of sp³-hybridized carbons (Fsp3) is 0.625. The number of nitrogens with zero attached hydrogens (tertiary/aromatic N) is 1. The second-order valence-electron chi connectivity index (χ2n) is 6.72. The van der Waals surface area contributed by atoms with Gasteiger partial charge in [-0.3, -0.25) is 10.1 Å². The van der Waals surface area contributed by atoms with Gasteiger partial charge in [0.2, 0.25) is 10.0 Å². The second-order valence-corrected chi connectivity index (χ2v) is 8.44. The van der Waals surface area contributed by atoms with Gasteiger partial charge in [0.15, 0.2) is 0 Å². The highest BCUT2D eigenvalue weighted by Gasteiger charge is 2.26. The van der Waals surface area contributed by atoms with E-state index in [1.54, 1.807) is 13.8 Å². The third-order valence-electron chi connectivity index (χ3n) is 4.32. The molecule has 0 spiro atoms. The van der Waals surface area contributed by atoms with Crippen molar-refractivity contribution in [1.29, 1.82) is 0 Å². The zero-order valence-corrected chi connectivity index (χ0v) is 15.1. The van der Waals surface area contributed by atoms with Crippen molar-refractivity contribution in [3.63, 3.8) is 0 Å². The molecule has 0 unspecified atom stereocenters. The van der Waals surface area contributed by atoms with Gasteiger partial charge >= 0.3 is 0 Å². The van der Waals surface area contributed by atoms with Crippen LogP contribution in [0.4, 0.5) is 11.4 Å². The molecule has 1 saturated carbocycles. The molecule has 0 amide bonds.